The van der Waals surface area contributed by atoms with E-state index < -0.39 is 0 Å². The Bertz CT molecular complexity index is 1040. The van der Waals surface area contributed by atoms with E-state index in [4.69, 9.17) is 0 Å². The third-order valence-corrected chi connectivity index (χ3v) is 6.55. The minimum absolute atomic E-state index is 0.0225. The third kappa shape index (κ3) is 3.68. The number of aromatic nitrogens is 2. The smallest absolute Gasteiger partial charge is 0.236 e. The largest absolute Gasteiger partial charge is 0.301 e. The van der Waals surface area contributed by atoms with Crippen molar-refractivity contribution in [2.75, 3.05) is 11.1 Å². The Kier molecular flexibility index (Phi) is 4.70. The van der Waals surface area contributed by atoms with E-state index >= 15 is 0 Å². The second-order valence-corrected chi connectivity index (χ2v) is 8.76. The van der Waals surface area contributed by atoms with E-state index in [1.165, 1.54) is 16.9 Å². The van der Waals surface area contributed by atoms with Crippen LogP contribution in [0.1, 0.15) is 10.6 Å². The number of hydrogen-bond acceptors (Lipinski definition) is 6. The van der Waals surface area contributed by atoms with E-state index in [-0.39, 0.29) is 5.91 Å². The number of anilines is 1. The molecule has 1 N–H and O–H groups in total. The SMILES string of the molecule is Cc1nc2c(ccc3nc(NC(=O)CSCc4ccccc4)sc32)s1. The van der Waals surface area contributed by atoms with Gasteiger partial charge in [-0.2, -0.15) is 0 Å². The summed E-state index contributed by atoms with van der Waals surface area (Å²) in [5, 5.41) is 4.59. The average molecular weight is 386 g/mol. The summed E-state index contributed by atoms with van der Waals surface area (Å²) in [5.74, 6) is 1.22. The van der Waals surface area contributed by atoms with E-state index in [1.807, 2.05) is 37.3 Å². The van der Waals surface area contributed by atoms with Gasteiger partial charge in [-0.3, -0.25) is 4.79 Å². The van der Waals surface area contributed by atoms with Gasteiger partial charge in [-0.15, -0.1) is 23.1 Å². The van der Waals surface area contributed by atoms with Crippen molar-refractivity contribution in [3.05, 3.63) is 53.0 Å². The van der Waals surface area contributed by atoms with Crippen molar-refractivity contribution in [1.29, 1.82) is 0 Å². The first-order valence-corrected chi connectivity index (χ1v) is 10.6. The van der Waals surface area contributed by atoms with Crippen molar-refractivity contribution in [3.8, 4) is 0 Å². The Morgan fingerprint density at radius 1 is 1.12 bits per heavy atom. The Balaban J connectivity index is 1.43. The Morgan fingerprint density at radius 2 is 1.96 bits per heavy atom. The summed E-state index contributed by atoms with van der Waals surface area (Å²) >= 11 is 4.77. The van der Waals surface area contributed by atoms with Crippen LogP contribution in [0, 0.1) is 6.92 Å². The molecule has 126 valence electrons. The molecule has 4 rings (SSSR count). The lowest BCUT2D eigenvalue weighted by atomic mass is 10.2. The molecule has 1 amide bonds. The molecule has 25 heavy (non-hydrogen) atoms. The van der Waals surface area contributed by atoms with Gasteiger partial charge in [0.2, 0.25) is 5.91 Å². The van der Waals surface area contributed by atoms with Gasteiger partial charge >= 0.3 is 0 Å². The van der Waals surface area contributed by atoms with Crippen LogP contribution in [0.4, 0.5) is 5.13 Å². The van der Waals surface area contributed by atoms with Crippen LogP contribution in [-0.2, 0) is 10.5 Å². The van der Waals surface area contributed by atoms with Crippen molar-refractivity contribution < 1.29 is 4.79 Å². The average Bonchev–Trinajstić information content (AvgIpc) is 3.17. The topological polar surface area (TPSA) is 54.9 Å². The highest BCUT2D eigenvalue weighted by Crippen LogP contribution is 2.34. The summed E-state index contributed by atoms with van der Waals surface area (Å²) in [4.78, 5) is 21.3. The van der Waals surface area contributed by atoms with Crippen LogP contribution in [0.15, 0.2) is 42.5 Å². The highest BCUT2D eigenvalue weighted by atomic mass is 32.2. The maximum absolute atomic E-state index is 12.2. The summed E-state index contributed by atoms with van der Waals surface area (Å²) in [5.41, 5.74) is 3.09. The predicted octanol–water partition coefficient (Wildman–Crippen LogP) is 5.09. The lowest BCUT2D eigenvalue weighted by Crippen LogP contribution is -2.13. The number of carbonyl (C=O) groups excluding carboxylic acids is 1. The molecule has 2 aromatic heterocycles. The highest BCUT2D eigenvalue weighted by molar-refractivity contribution is 7.99. The number of hydrogen-bond donors (Lipinski definition) is 1. The first kappa shape index (κ1) is 16.5. The zero-order valence-corrected chi connectivity index (χ0v) is 15.9. The van der Waals surface area contributed by atoms with Gasteiger partial charge < -0.3 is 5.32 Å². The van der Waals surface area contributed by atoms with Crippen LogP contribution in [0.5, 0.6) is 0 Å². The third-order valence-electron chi connectivity index (χ3n) is 3.61. The molecule has 0 saturated carbocycles. The lowest BCUT2D eigenvalue weighted by Gasteiger charge is -2.02. The van der Waals surface area contributed by atoms with Gasteiger partial charge in [-0.05, 0) is 24.6 Å². The summed E-state index contributed by atoms with van der Waals surface area (Å²) in [6, 6.07) is 14.2. The summed E-state index contributed by atoms with van der Waals surface area (Å²) < 4.78 is 2.19. The van der Waals surface area contributed by atoms with Crippen molar-refractivity contribution >= 4 is 65.9 Å². The number of rotatable bonds is 5. The fourth-order valence-corrected chi connectivity index (χ4v) is 5.19. The quantitative estimate of drug-likeness (QED) is 0.520. The molecule has 0 spiro atoms. The number of fused-ring (bicyclic) bond motifs is 3. The molecule has 0 saturated heterocycles. The second-order valence-electron chi connectivity index (χ2n) is 5.54. The molecular formula is C18H15N3OS3. The monoisotopic (exact) mass is 385 g/mol. The van der Waals surface area contributed by atoms with Gasteiger partial charge in [0.15, 0.2) is 5.13 Å². The first-order chi connectivity index (χ1) is 12.2. The van der Waals surface area contributed by atoms with Gasteiger partial charge in [0.25, 0.3) is 0 Å². The van der Waals surface area contributed by atoms with Gasteiger partial charge in [0.1, 0.15) is 5.52 Å². The van der Waals surface area contributed by atoms with Crippen LogP contribution in [0.25, 0.3) is 20.4 Å². The molecule has 4 nitrogen and oxygen atoms in total. The molecule has 7 heteroatoms. The molecule has 2 aromatic carbocycles. The van der Waals surface area contributed by atoms with Gasteiger partial charge in [0, 0.05) is 5.75 Å². The normalized spacial score (nSPS) is 11.2. The number of amides is 1. The number of aryl methyl sites for hydroxylation is 1. The molecule has 0 fully saturated rings. The van der Waals surface area contributed by atoms with Crippen LogP contribution < -0.4 is 5.32 Å². The Labute approximate surface area is 157 Å². The summed E-state index contributed by atoms with van der Waals surface area (Å²) in [7, 11) is 0. The maximum atomic E-state index is 12.2. The minimum Gasteiger partial charge on any atom is -0.301 e. The standard InChI is InChI=1S/C18H15N3OS3/c1-11-19-16-14(24-11)8-7-13-17(16)25-18(20-13)21-15(22)10-23-9-12-5-3-2-4-6-12/h2-8H,9-10H2,1H3,(H,20,21,22). The van der Waals surface area contributed by atoms with Crippen LogP contribution in [0.2, 0.25) is 0 Å². The fraction of sp³-hybridized carbons (Fsp3) is 0.167. The molecule has 0 aliphatic heterocycles. The predicted molar refractivity (Wildman–Crippen MR) is 109 cm³/mol. The highest BCUT2D eigenvalue weighted by Gasteiger charge is 2.12. The summed E-state index contributed by atoms with van der Waals surface area (Å²) in [6.07, 6.45) is 0. The van der Waals surface area contributed by atoms with Gasteiger partial charge in [0.05, 0.1) is 25.7 Å². The van der Waals surface area contributed by atoms with Crippen LogP contribution in [-0.4, -0.2) is 21.6 Å². The molecule has 4 aromatic rings. The molecule has 0 bridgehead atoms. The number of thioether (sulfide) groups is 1. The van der Waals surface area contributed by atoms with E-state index in [9.17, 15) is 4.79 Å². The molecular weight excluding hydrogens is 370 g/mol. The minimum atomic E-state index is -0.0225. The summed E-state index contributed by atoms with van der Waals surface area (Å²) in [6.45, 7) is 2.00. The maximum Gasteiger partial charge on any atom is 0.236 e. The van der Waals surface area contributed by atoms with Crippen molar-refractivity contribution in [3.63, 3.8) is 0 Å². The van der Waals surface area contributed by atoms with Gasteiger partial charge in [-0.25, -0.2) is 9.97 Å². The van der Waals surface area contributed by atoms with Crippen LogP contribution >= 0.6 is 34.4 Å². The number of thiazole rings is 2. The van der Waals surface area contributed by atoms with E-state index in [0.29, 0.717) is 10.9 Å². The number of nitrogens with zero attached hydrogens (tertiary/aromatic N) is 2. The number of nitrogens with one attached hydrogen (secondary N) is 1. The molecule has 0 aliphatic carbocycles. The Morgan fingerprint density at radius 3 is 2.80 bits per heavy atom. The van der Waals surface area contributed by atoms with Gasteiger partial charge in [-0.1, -0.05) is 41.7 Å². The lowest BCUT2D eigenvalue weighted by molar-refractivity contribution is -0.113. The Hall–Kier alpha value is -1.96. The van der Waals surface area contributed by atoms with Crippen molar-refractivity contribution in [2.24, 2.45) is 0 Å². The number of carbonyl (C=O) groups is 1. The van der Waals surface area contributed by atoms with Crippen molar-refractivity contribution in [1.82, 2.24) is 9.97 Å². The molecule has 0 atom stereocenters. The molecule has 2 heterocycles. The van der Waals surface area contributed by atoms with E-state index in [0.717, 1.165) is 31.2 Å². The van der Waals surface area contributed by atoms with E-state index in [2.05, 4.69) is 27.4 Å². The molecule has 0 radical (unpaired) electrons. The van der Waals surface area contributed by atoms with Crippen molar-refractivity contribution in [2.45, 2.75) is 12.7 Å². The fourth-order valence-electron chi connectivity index (χ4n) is 2.53. The zero-order valence-electron chi connectivity index (χ0n) is 13.5. The molecule has 0 aliphatic rings. The number of benzene rings is 2. The molecule has 0 unspecified atom stereocenters. The zero-order chi connectivity index (χ0) is 17.2. The first-order valence-electron chi connectivity index (χ1n) is 7.77. The second kappa shape index (κ2) is 7.11. The van der Waals surface area contributed by atoms with Crippen LogP contribution in [0.3, 0.4) is 0 Å². The van der Waals surface area contributed by atoms with E-state index in [1.54, 1.807) is 23.1 Å².